The van der Waals surface area contributed by atoms with Gasteiger partial charge in [0.1, 0.15) is 5.69 Å². The number of nitrogens with zero attached hydrogens (tertiary/aromatic N) is 3. The van der Waals surface area contributed by atoms with E-state index in [4.69, 9.17) is 4.52 Å². The third-order valence-electron chi connectivity index (χ3n) is 6.23. The second kappa shape index (κ2) is 9.92. The molecule has 1 saturated heterocycles. The van der Waals surface area contributed by atoms with E-state index in [1.54, 1.807) is 11.0 Å². The van der Waals surface area contributed by atoms with Crippen LogP contribution in [0.3, 0.4) is 0 Å². The summed E-state index contributed by atoms with van der Waals surface area (Å²) >= 11 is 0. The standard InChI is InChI=1S/C26H31N3O2/c1-20-9-6-7-11-22(20)14-16-29-15-8-10-21(19-29)18-28(2)26(30)25-17-24(27-31-25)23-12-4-3-5-13-23/h3-7,9,11-13,17,21H,8,10,14-16,18-19H2,1-2H3. The Morgan fingerprint density at radius 3 is 2.74 bits per heavy atom. The molecule has 1 fully saturated rings. The first-order valence-corrected chi connectivity index (χ1v) is 11.1. The summed E-state index contributed by atoms with van der Waals surface area (Å²) in [6.45, 7) is 6.17. The third kappa shape index (κ3) is 5.42. The van der Waals surface area contributed by atoms with E-state index in [0.29, 0.717) is 17.4 Å². The number of likely N-dealkylation sites (tertiary alicyclic amines) is 1. The van der Waals surface area contributed by atoms with Crippen LogP contribution in [0.4, 0.5) is 0 Å². The second-order valence-electron chi connectivity index (χ2n) is 8.61. The molecule has 162 valence electrons. The molecule has 1 amide bonds. The van der Waals surface area contributed by atoms with Gasteiger partial charge in [-0.3, -0.25) is 4.79 Å². The fraction of sp³-hybridized carbons (Fsp3) is 0.385. The summed E-state index contributed by atoms with van der Waals surface area (Å²) < 4.78 is 5.36. The lowest BCUT2D eigenvalue weighted by Gasteiger charge is -2.34. The summed E-state index contributed by atoms with van der Waals surface area (Å²) in [5.41, 5.74) is 4.43. The first kappa shape index (κ1) is 21.3. The van der Waals surface area contributed by atoms with Gasteiger partial charge in [0.15, 0.2) is 0 Å². The summed E-state index contributed by atoms with van der Waals surface area (Å²) in [7, 11) is 1.86. The highest BCUT2D eigenvalue weighted by Gasteiger charge is 2.25. The molecule has 5 heteroatoms. The van der Waals surface area contributed by atoms with Crippen molar-refractivity contribution in [1.29, 1.82) is 0 Å². The van der Waals surface area contributed by atoms with Crippen molar-refractivity contribution in [3.05, 3.63) is 77.6 Å². The average molecular weight is 418 g/mol. The number of rotatable bonds is 7. The number of aromatic nitrogens is 1. The fourth-order valence-electron chi connectivity index (χ4n) is 4.45. The van der Waals surface area contributed by atoms with E-state index in [1.165, 1.54) is 17.5 Å². The van der Waals surface area contributed by atoms with Gasteiger partial charge in [0, 0.05) is 38.3 Å². The Hall–Kier alpha value is -2.92. The topological polar surface area (TPSA) is 49.6 Å². The molecule has 1 atom stereocenters. The number of benzene rings is 2. The van der Waals surface area contributed by atoms with Gasteiger partial charge in [0.2, 0.25) is 5.76 Å². The minimum Gasteiger partial charge on any atom is -0.350 e. The first-order valence-electron chi connectivity index (χ1n) is 11.1. The van der Waals surface area contributed by atoms with E-state index in [1.807, 2.05) is 37.4 Å². The highest BCUT2D eigenvalue weighted by Crippen LogP contribution is 2.22. The minimum absolute atomic E-state index is 0.105. The van der Waals surface area contributed by atoms with Crippen molar-refractivity contribution in [2.45, 2.75) is 26.2 Å². The van der Waals surface area contributed by atoms with Crippen molar-refractivity contribution < 1.29 is 9.32 Å². The van der Waals surface area contributed by atoms with Crippen LogP contribution in [-0.2, 0) is 6.42 Å². The van der Waals surface area contributed by atoms with Crippen LogP contribution in [0.2, 0.25) is 0 Å². The molecule has 0 N–H and O–H groups in total. The highest BCUT2D eigenvalue weighted by molar-refractivity contribution is 5.92. The van der Waals surface area contributed by atoms with Crippen LogP contribution in [0, 0.1) is 12.8 Å². The Morgan fingerprint density at radius 1 is 1.16 bits per heavy atom. The molecular formula is C26H31N3O2. The molecule has 1 aliphatic heterocycles. The maximum atomic E-state index is 12.9. The smallest absolute Gasteiger partial charge is 0.292 e. The van der Waals surface area contributed by atoms with Crippen LogP contribution in [0.25, 0.3) is 11.3 Å². The molecule has 0 spiro atoms. The molecule has 2 aromatic carbocycles. The molecule has 31 heavy (non-hydrogen) atoms. The molecule has 0 aliphatic carbocycles. The Balaban J connectivity index is 1.30. The molecule has 5 nitrogen and oxygen atoms in total. The van der Waals surface area contributed by atoms with Crippen LogP contribution in [-0.4, -0.2) is 54.1 Å². The van der Waals surface area contributed by atoms with E-state index >= 15 is 0 Å². The van der Waals surface area contributed by atoms with Gasteiger partial charge < -0.3 is 14.3 Å². The normalized spacial score (nSPS) is 16.9. The van der Waals surface area contributed by atoms with Gasteiger partial charge in [-0.05, 0) is 49.8 Å². The quantitative estimate of drug-likeness (QED) is 0.560. The zero-order valence-corrected chi connectivity index (χ0v) is 18.5. The van der Waals surface area contributed by atoms with Crippen LogP contribution >= 0.6 is 0 Å². The zero-order chi connectivity index (χ0) is 21.6. The minimum atomic E-state index is -0.105. The van der Waals surface area contributed by atoms with Crippen molar-refractivity contribution in [2.75, 3.05) is 33.2 Å². The lowest BCUT2D eigenvalue weighted by molar-refractivity contribution is 0.0690. The van der Waals surface area contributed by atoms with Gasteiger partial charge in [0.25, 0.3) is 5.91 Å². The number of carbonyl (C=O) groups excluding carboxylic acids is 1. The predicted molar refractivity (Wildman–Crippen MR) is 123 cm³/mol. The number of carbonyl (C=O) groups is 1. The zero-order valence-electron chi connectivity index (χ0n) is 18.5. The molecule has 1 aliphatic rings. The van der Waals surface area contributed by atoms with E-state index in [-0.39, 0.29) is 5.91 Å². The maximum Gasteiger partial charge on any atom is 0.292 e. The molecule has 3 aromatic rings. The molecule has 2 heterocycles. The molecular weight excluding hydrogens is 386 g/mol. The second-order valence-corrected chi connectivity index (χ2v) is 8.61. The number of aryl methyl sites for hydroxylation is 1. The fourth-order valence-corrected chi connectivity index (χ4v) is 4.45. The number of amides is 1. The van der Waals surface area contributed by atoms with Crippen molar-refractivity contribution >= 4 is 5.91 Å². The molecule has 0 radical (unpaired) electrons. The Bertz CT molecular complexity index is 999. The largest absolute Gasteiger partial charge is 0.350 e. The van der Waals surface area contributed by atoms with Crippen LogP contribution in [0.1, 0.15) is 34.5 Å². The third-order valence-corrected chi connectivity index (χ3v) is 6.23. The van der Waals surface area contributed by atoms with Gasteiger partial charge in [-0.25, -0.2) is 0 Å². The lowest BCUT2D eigenvalue weighted by atomic mass is 9.96. The SMILES string of the molecule is Cc1ccccc1CCN1CCCC(CN(C)C(=O)c2cc(-c3ccccc3)no2)C1. The van der Waals surface area contributed by atoms with Crippen LogP contribution < -0.4 is 0 Å². The maximum absolute atomic E-state index is 12.9. The van der Waals surface area contributed by atoms with Crippen molar-refractivity contribution in [3.63, 3.8) is 0 Å². The van der Waals surface area contributed by atoms with Crippen LogP contribution in [0.5, 0.6) is 0 Å². The Labute approximate surface area is 184 Å². The van der Waals surface area contributed by atoms with E-state index < -0.39 is 0 Å². The molecule has 1 aromatic heterocycles. The van der Waals surface area contributed by atoms with E-state index in [0.717, 1.165) is 44.6 Å². The van der Waals surface area contributed by atoms with Gasteiger partial charge in [-0.2, -0.15) is 0 Å². The summed E-state index contributed by atoms with van der Waals surface area (Å²) in [6, 6.07) is 20.1. The average Bonchev–Trinajstić information content (AvgIpc) is 3.29. The van der Waals surface area contributed by atoms with Gasteiger partial charge in [-0.1, -0.05) is 59.8 Å². The number of hydrogen-bond acceptors (Lipinski definition) is 4. The number of hydrogen-bond donors (Lipinski definition) is 0. The Morgan fingerprint density at radius 2 is 1.94 bits per heavy atom. The number of piperidine rings is 1. The van der Waals surface area contributed by atoms with Crippen molar-refractivity contribution in [2.24, 2.45) is 5.92 Å². The molecule has 1 unspecified atom stereocenters. The van der Waals surface area contributed by atoms with Gasteiger partial charge >= 0.3 is 0 Å². The summed E-state index contributed by atoms with van der Waals surface area (Å²) in [4.78, 5) is 17.2. The van der Waals surface area contributed by atoms with Crippen molar-refractivity contribution in [3.8, 4) is 11.3 Å². The lowest BCUT2D eigenvalue weighted by Crippen LogP contribution is -2.42. The van der Waals surface area contributed by atoms with E-state index in [9.17, 15) is 4.79 Å². The monoisotopic (exact) mass is 417 g/mol. The summed E-state index contributed by atoms with van der Waals surface area (Å²) in [6.07, 6.45) is 3.42. The van der Waals surface area contributed by atoms with Gasteiger partial charge in [-0.15, -0.1) is 0 Å². The predicted octanol–water partition coefficient (Wildman–Crippen LogP) is 4.68. The highest BCUT2D eigenvalue weighted by atomic mass is 16.5. The van der Waals surface area contributed by atoms with Crippen molar-refractivity contribution in [1.82, 2.24) is 15.0 Å². The molecule has 0 bridgehead atoms. The molecule has 4 rings (SSSR count). The first-order chi connectivity index (χ1) is 15.1. The summed E-state index contributed by atoms with van der Waals surface area (Å²) in [5.74, 6) is 0.677. The van der Waals surface area contributed by atoms with Gasteiger partial charge in [0.05, 0.1) is 0 Å². The molecule has 0 saturated carbocycles. The van der Waals surface area contributed by atoms with Crippen LogP contribution in [0.15, 0.2) is 65.2 Å². The Kier molecular flexibility index (Phi) is 6.82. The van der Waals surface area contributed by atoms with E-state index in [2.05, 4.69) is 41.2 Å². The summed E-state index contributed by atoms with van der Waals surface area (Å²) in [5, 5.41) is 4.08.